The van der Waals surface area contributed by atoms with Crippen LogP contribution < -0.4 is 20.1 Å². The lowest BCUT2D eigenvalue weighted by Gasteiger charge is -2.12. The molecule has 0 aliphatic rings. The Hall–Kier alpha value is -3.46. The molecule has 27 heavy (non-hydrogen) atoms. The fraction of sp³-hybridized carbons (Fsp3) is 0.111. The van der Waals surface area contributed by atoms with Crippen molar-refractivity contribution >= 4 is 40.7 Å². The minimum absolute atomic E-state index is 0.0526. The zero-order valence-corrected chi connectivity index (χ0v) is 15.4. The van der Waals surface area contributed by atoms with Crippen molar-refractivity contribution in [3.63, 3.8) is 0 Å². The van der Waals surface area contributed by atoms with E-state index in [-0.39, 0.29) is 10.8 Å². The van der Waals surface area contributed by atoms with Crippen LogP contribution in [-0.2, 0) is 4.79 Å². The van der Waals surface area contributed by atoms with Crippen molar-refractivity contribution in [1.29, 1.82) is 0 Å². The second kappa shape index (κ2) is 9.30. The van der Waals surface area contributed by atoms with Gasteiger partial charge >= 0.3 is 0 Å². The molecule has 0 aliphatic heterocycles. The number of amides is 1. The van der Waals surface area contributed by atoms with Gasteiger partial charge in [-0.15, -0.1) is 0 Å². The van der Waals surface area contributed by atoms with Gasteiger partial charge in [0.25, 0.3) is 5.69 Å². The van der Waals surface area contributed by atoms with Gasteiger partial charge in [-0.05, 0) is 36.0 Å². The van der Waals surface area contributed by atoms with E-state index in [4.69, 9.17) is 21.7 Å². The number of ether oxygens (including phenoxy) is 2. The zero-order valence-electron chi connectivity index (χ0n) is 14.6. The summed E-state index contributed by atoms with van der Waals surface area (Å²) < 4.78 is 10.4. The third-order valence-electron chi connectivity index (χ3n) is 3.39. The topological polar surface area (TPSA) is 103 Å². The van der Waals surface area contributed by atoms with Gasteiger partial charge in [-0.1, -0.05) is 12.1 Å². The number of carbonyl (C=O) groups is 1. The van der Waals surface area contributed by atoms with Crippen LogP contribution in [0.25, 0.3) is 6.08 Å². The van der Waals surface area contributed by atoms with E-state index in [0.717, 1.165) is 0 Å². The van der Waals surface area contributed by atoms with Gasteiger partial charge in [0.1, 0.15) is 0 Å². The average Bonchev–Trinajstić information content (AvgIpc) is 2.66. The molecule has 2 aromatic rings. The molecule has 0 fully saturated rings. The minimum atomic E-state index is -0.500. The summed E-state index contributed by atoms with van der Waals surface area (Å²) in [6.07, 6.45) is 2.70. The number of nitro benzene ring substituents is 1. The average molecular weight is 387 g/mol. The number of methoxy groups -OCH3 is 2. The maximum Gasteiger partial charge on any atom is 0.270 e. The van der Waals surface area contributed by atoms with Crippen LogP contribution >= 0.6 is 12.2 Å². The van der Waals surface area contributed by atoms with Crippen LogP contribution in [0.2, 0.25) is 0 Å². The molecule has 0 spiro atoms. The normalized spacial score (nSPS) is 10.3. The quantitative estimate of drug-likeness (QED) is 0.340. The van der Waals surface area contributed by atoms with E-state index in [0.29, 0.717) is 22.7 Å². The number of hydrogen-bond donors (Lipinski definition) is 2. The van der Waals surface area contributed by atoms with Crippen LogP contribution in [-0.4, -0.2) is 30.2 Å². The summed E-state index contributed by atoms with van der Waals surface area (Å²) in [6, 6.07) is 11.0. The van der Waals surface area contributed by atoms with Crippen LogP contribution in [0.3, 0.4) is 0 Å². The Bertz CT molecular complexity index is 898. The molecule has 0 atom stereocenters. The van der Waals surface area contributed by atoms with Crippen molar-refractivity contribution in [3.05, 3.63) is 64.2 Å². The summed E-state index contributed by atoms with van der Waals surface area (Å²) in [5.74, 6) is 0.611. The van der Waals surface area contributed by atoms with Crippen molar-refractivity contribution < 1.29 is 19.2 Å². The van der Waals surface area contributed by atoms with Gasteiger partial charge in [0.05, 0.1) is 19.1 Å². The highest BCUT2D eigenvalue weighted by molar-refractivity contribution is 7.80. The molecule has 9 heteroatoms. The SMILES string of the molecule is COc1ccc(NC(=S)NC(=O)/C=C/c2cccc([N+](=O)[O-])c2)cc1OC. The lowest BCUT2D eigenvalue weighted by atomic mass is 10.2. The molecular formula is C18H17N3O5S. The van der Waals surface area contributed by atoms with Gasteiger partial charge in [0.2, 0.25) is 5.91 Å². The number of rotatable bonds is 6. The van der Waals surface area contributed by atoms with Gasteiger partial charge in [-0.2, -0.15) is 0 Å². The largest absolute Gasteiger partial charge is 0.493 e. The Balaban J connectivity index is 1.96. The van der Waals surface area contributed by atoms with Gasteiger partial charge in [-0.3, -0.25) is 20.2 Å². The van der Waals surface area contributed by atoms with Crippen LogP contribution in [0.4, 0.5) is 11.4 Å². The van der Waals surface area contributed by atoms with Crippen molar-refractivity contribution in [3.8, 4) is 11.5 Å². The summed E-state index contributed by atoms with van der Waals surface area (Å²) in [5, 5.41) is 16.2. The van der Waals surface area contributed by atoms with Crippen LogP contribution in [0, 0.1) is 10.1 Å². The third-order valence-corrected chi connectivity index (χ3v) is 3.59. The number of nitrogens with one attached hydrogen (secondary N) is 2. The molecule has 0 radical (unpaired) electrons. The van der Waals surface area contributed by atoms with Gasteiger partial charge in [0.15, 0.2) is 16.6 Å². The monoisotopic (exact) mass is 387 g/mol. The first kappa shape index (κ1) is 19.9. The molecule has 8 nitrogen and oxygen atoms in total. The summed E-state index contributed by atoms with van der Waals surface area (Å²) in [5.41, 5.74) is 1.09. The maximum absolute atomic E-state index is 12.0. The number of nitro groups is 1. The van der Waals surface area contributed by atoms with E-state index in [1.54, 1.807) is 30.3 Å². The number of hydrogen-bond acceptors (Lipinski definition) is 6. The lowest BCUT2D eigenvalue weighted by molar-refractivity contribution is -0.384. The van der Waals surface area contributed by atoms with Crippen LogP contribution in [0.1, 0.15) is 5.56 Å². The van der Waals surface area contributed by atoms with E-state index in [9.17, 15) is 14.9 Å². The fourth-order valence-electron chi connectivity index (χ4n) is 2.14. The highest BCUT2D eigenvalue weighted by Gasteiger charge is 2.07. The minimum Gasteiger partial charge on any atom is -0.493 e. The Morgan fingerprint density at radius 3 is 2.56 bits per heavy atom. The van der Waals surface area contributed by atoms with Crippen molar-refractivity contribution in [2.45, 2.75) is 0 Å². The predicted octanol–water partition coefficient (Wildman–Crippen LogP) is 3.14. The molecule has 0 heterocycles. The summed E-state index contributed by atoms with van der Waals surface area (Å²) in [7, 11) is 3.05. The molecule has 2 rings (SSSR count). The molecule has 1 amide bonds. The Morgan fingerprint density at radius 2 is 1.89 bits per heavy atom. The first-order valence-electron chi connectivity index (χ1n) is 7.69. The van der Waals surface area contributed by atoms with E-state index in [1.807, 2.05) is 0 Å². The van der Waals surface area contributed by atoms with Gasteiger partial charge in [-0.25, -0.2) is 0 Å². The number of nitrogens with zero attached hydrogens (tertiary/aromatic N) is 1. The first-order chi connectivity index (χ1) is 12.9. The molecule has 2 N–H and O–H groups in total. The maximum atomic E-state index is 12.0. The lowest BCUT2D eigenvalue weighted by Crippen LogP contribution is -2.32. The number of anilines is 1. The molecule has 0 aliphatic carbocycles. The molecule has 0 saturated carbocycles. The van der Waals surface area contributed by atoms with Crippen LogP contribution in [0.15, 0.2) is 48.5 Å². The van der Waals surface area contributed by atoms with Crippen molar-refractivity contribution in [2.75, 3.05) is 19.5 Å². The number of benzene rings is 2. The highest BCUT2D eigenvalue weighted by atomic mass is 32.1. The van der Waals surface area contributed by atoms with Crippen molar-refractivity contribution in [1.82, 2.24) is 5.32 Å². The second-order valence-electron chi connectivity index (χ2n) is 5.20. The van der Waals surface area contributed by atoms with Gasteiger partial charge < -0.3 is 14.8 Å². The number of thiocarbonyl (C=S) groups is 1. The van der Waals surface area contributed by atoms with Crippen LogP contribution in [0.5, 0.6) is 11.5 Å². The first-order valence-corrected chi connectivity index (χ1v) is 8.10. The smallest absolute Gasteiger partial charge is 0.270 e. The molecule has 140 valence electrons. The molecule has 0 aromatic heterocycles. The van der Waals surface area contributed by atoms with Crippen molar-refractivity contribution in [2.24, 2.45) is 0 Å². The molecule has 0 bridgehead atoms. The predicted molar refractivity (Wildman–Crippen MR) is 106 cm³/mol. The van der Waals surface area contributed by atoms with E-state index >= 15 is 0 Å². The molecular weight excluding hydrogens is 370 g/mol. The summed E-state index contributed by atoms with van der Waals surface area (Å²) in [6.45, 7) is 0. The number of non-ortho nitro benzene ring substituents is 1. The Labute approximate surface area is 160 Å². The van der Waals surface area contributed by atoms with Gasteiger partial charge in [0, 0.05) is 30.0 Å². The summed E-state index contributed by atoms with van der Waals surface area (Å²) in [4.78, 5) is 22.2. The molecule has 0 unspecified atom stereocenters. The molecule has 2 aromatic carbocycles. The standard InChI is InChI=1S/C18H17N3O5S/c1-25-15-8-7-13(11-16(15)26-2)19-18(27)20-17(22)9-6-12-4-3-5-14(10-12)21(23)24/h3-11H,1-2H3,(H2,19,20,22,27)/b9-6+. The summed E-state index contributed by atoms with van der Waals surface area (Å²) >= 11 is 5.10. The fourth-order valence-corrected chi connectivity index (χ4v) is 2.36. The van der Waals surface area contributed by atoms with E-state index < -0.39 is 10.8 Å². The Kier molecular flexibility index (Phi) is 6.84. The number of carbonyl (C=O) groups excluding carboxylic acids is 1. The highest BCUT2D eigenvalue weighted by Crippen LogP contribution is 2.29. The molecule has 0 saturated heterocycles. The second-order valence-corrected chi connectivity index (χ2v) is 5.61. The van der Waals surface area contributed by atoms with E-state index in [2.05, 4.69) is 10.6 Å². The zero-order chi connectivity index (χ0) is 19.8. The van der Waals surface area contributed by atoms with E-state index in [1.165, 1.54) is 38.5 Å². The Morgan fingerprint density at radius 1 is 1.15 bits per heavy atom. The third kappa shape index (κ3) is 5.79.